The third-order valence-electron chi connectivity index (χ3n) is 4.23. The van der Waals surface area contributed by atoms with Crippen LogP contribution in [0, 0.1) is 0 Å². The second-order valence-electron chi connectivity index (χ2n) is 6.13. The van der Waals surface area contributed by atoms with Crippen molar-refractivity contribution in [1.82, 2.24) is 4.98 Å². The molecule has 0 saturated heterocycles. The number of rotatable bonds is 10. The molecule has 0 atom stereocenters. The molecule has 0 unspecified atom stereocenters. The molecule has 0 radical (unpaired) electrons. The number of hydrogen-bond donors (Lipinski definition) is 1. The number of thiazole rings is 1. The lowest BCUT2D eigenvalue weighted by Crippen LogP contribution is -2.21. The summed E-state index contributed by atoms with van der Waals surface area (Å²) in [6.45, 7) is 8.37. The van der Waals surface area contributed by atoms with Crippen LogP contribution in [-0.4, -0.2) is 24.0 Å². The lowest BCUT2D eigenvalue weighted by Gasteiger charge is -2.16. The van der Waals surface area contributed by atoms with E-state index >= 15 is 0 Å². The van der Waals surface area contributed by atoms with Crippen LogP contribution >= 0.6 is 11.3 Å². The number of carbonyl (C=O) groups excluding carboxylic acids is 1. The highest BCUT2D eigenvalue weighted by Gasteiger charge is 2.10. The van der Waals surface area contributed by atoms with Crippen LogP contribution in [0.5, 0.6) is 0 Å². The number of aromatic nitrogens is 1. The summed E-state index contributed by atoms with van der Waals surface area (Å²) in [5.74, 6) is 0.0929. The molecule has 0 spiro atoms. The van der Waals surface area contributed by atoms with E-state index in [-0.39, 0.29) is 5.91 Å². The van der Waals surface area contributed by atoms with Gasteiger partial charge in [-0.05, 0) is 32.4 Å². The smallest absolute Gasteiger partial charge is 0.224 e. The van der Waals surface area contributed by atoms with Crippen molar-refractivity contribution < 1.29 is 4.79 Å². The number of benzene rings is 1. The molecule has 0 aliphatic carbocycles. The van der Waals surface area contributed by atoms with Crippen LogP contribution in [0.25, 0.3) is 11.3 Å². The maximum Gasteiger partial charge on any atom is 0.224 e. The van der Waals surface area contributed by atoms with E-state index in [0.29, 0.717) is 6.42 Å². The molecule has 2 rings (SSSR count). The molecule has 136 valence electrons. The van der Waals surface area contributed by atoms with Crippen LogP contribution in [0.4, 0.5) is 10.8 Å². The van der Waals surface area contributed by atoms with Gasteiger partial charge in [-0.15, -0.1) is 11.3 Å². The Morgan fingerprint density at radius 1 is 1.16 bits per heavy atom. The molecule has 2 aromatic rings. The monoisotopic (exact) mass is 359 g/mol. The van der Waals surface area contributed by atoms with E-state index in [1.54, 1.807) is 11.3 Å². The quantitative estimate of drug-likeness (QED) is 0.564. The van der Waals surface area contributed by atoms with Crippen LogP contribution in [-0.2, 0) is 4.79 Å². The Balaban J connectivity index is 2.00. The highest BCUT2D eigenvalue weighted by Crippen LogP contribution is 2.28. The average Bonchev–Trinajstić information content (AvgIpc) is 3.10. The fourth-order valence-corrected chi connectivity index (χ4v) is 3.69. The molecule has 0 saturated carbocycles. The van der Waals surface area contributed by atoms with E-state index in [4.69, 9.17) is 4.98 Å². The maximum absolute atomic E-state index is 12.1. The van der Waals surface area contributed by atoms with Crippen molar-refractivity contribution >= 4 is 28.1 Å². The highest BCUT2D eigenvalue weighted by molar-refractivity contribution is 7.14. The second-order valence-corrected chi connectivity index (χ2v) is 6.96. The van der Waals surface area contributed by atoms with E-state index in [0.717, 1.165) is 48.0 Å². The van der Waals surface area contributed by atoms with Gasteiger partial charge in [0.2, 0.25) is 5.91 Å². The van der Waals surface area contributed by atoms with Crippen LogP contribution in [0.1, 0.15) is 52.9 Å². The molecule has 0 aliphatic rings. The van der Waals surface area contributed by atoms with E-state index < -0.39 is 0 Å². The number of nitrogens with zero attached hydrogens (tertiary/aromatic N) is 2. The first kappa shape index (κ1) is 19.4. The molecule has 5 heteroatoms. The van der Waals surface area contributed by atoms with Crippen LogP contribution < -0.4 is 10.2 Å². The third-order valence-corrected chi connectivity index (χ3v) is 5.13. The number of hydrogen-bond acceptors (Lipinski definition) is 4. The fourth-order valence-electron chi connectivity index (χ4n) is 2.73. The van der Waals surface area contributed by atoms with Gasteiger partial charge in [0, 0.05) is 36.1 Å². The molecule has 0 bridgehead atoms. The second kappa shape index (κ2) is 10.2. The van der Waals surface area contributed by atoms with Crippen LogP contribution in [0.15, 0.2) is 29.6 Å². The largest absolute Gasteiger partial charge is 0.349 e. The first-order chi connectivity index (χ1) is 12.2. The van der Waals surface area contributed by atoms with Gasteiger partial charge in [0.25, 0.3) is 0 Å². The van der Waals surface area contributed by atoms with Crippen molar-refractivity contribution in [2.75, 3.05) is 23.3 Å². The van der Waals surface area contributed by atoms with Crippen molar-refractivity contribution in [1.29, 1.82) is 0 Å². The Bertz CT molecular complexity index is 664. The molecule has 1 aromatic heterocycles. The minimum Gasteiger partial charge on any atom is -0.349 e. The zero-order chi connectivity index (χ0) is 18.1. The Labute approximate surface area is 155 Å². The van der Waals surface area contributed by atoms with Gasteiger partial charge in [-0.25, -0.2) is 4.98 Å². The van der Waals surface area contributed by atoms with Crippen molar-refractivity contribution in [2.45, 2.75) is 52.9 Å². The van der Waals surface area contributed by atoms with Crippen molar-refractivity contribution in [3.8, 4) is 11.3 Å². The van der Waals surface area contributed by atoms with Crippen LogP contribution in [0.3, 0.4) is 0 Å². The fraction of sp³-hybridized carbons (Fsp3) is 0.500. The van der Waals surface area contributed by atoms with E-state index in [2.05, 4.69) is 36.4 Å². The first-order valence-corrected chi connectivity index (χ1v) is 10.2. The van der Waals surface area contributed by atoms with Gasteiger partial charge < -0.3 is 10.2 Å². The van der Waals surface area contributed by atoms with Crippen molar-refractivity contribution in [2.24, 2.45) is 0 Å². The zero-order valence-corrected chi connectivity index (χ0v) is 16.4. The molecule has 1 N–H and O–H groups in total. The molecular weight excluding hydrogens is 330 g/mol. The Kier molecular flexibility index (Phi) is 7.92. The SMILES string of the molecule is CCCCCCC(=O)Nc1cccc(-c2csc(N(CC)CC)n2)c1. The Hall–Kier alpha value is -1.88. The van der Waals surface area contributed by atoms with E-state index in [1.807, 2.05) is 24.3 Å². The number of amides is 1. The highest BCUT2D eigenvalue weighted by atomic mass is 32.1. The summed E-state index contributed by atoms with van der Waals surface area (Å²) in [5, 5.41) is 6.14. The molecule has 4 nitrogen and oxygen atoms in total. The van der Waals surface area contributed by atoms with E-state index in [1.165, 1.54) is 12.8 Å². The molecule has 25 heavy (non-hydrogen) atoms. The Morgan fingerprint density at radius 2 is 1.96 bits per heavy atom. The molecule has 0 fully saturated rings. The average molecular weight is 360 g/mol. The molecular formula is C20H29N3OS. The van der Waals surface area contributed by atoms with Gasteiger partial charge in [0.15, 0.2) is 5.13 Å². The van der Waals surface area contributed by atoms with Gasteiger partial charge in [-0.3, -0.25) is 4.79 Å². The van der Waals surface area contributed by atoms with Crippen molar-refractivity contribution in [3.63, 3.8) is 0 Å². The topological polar surface area (TPSA) is 45.2 Å². The van der Waals surface area contributed by atoms with E-state index in [9.17, 15) is 4.79 Å². The van der Waals surface area contributed by atoms with Gasteiger partial charge in [0.05, 0.1) is 5.69 Å². The number of unbranched alkanes of at least 4 members (excludes halogenated alkanes) is 3. The summed E-state index contributed by atoms with van der Waals surface area (Å²) in [4.78, 5) is 19.1. The van der Waals surface area contributed by atoms with Gasteiger partial charge in [-0.1, -0.05) is 38.3 Å². The lowest BCUT2D eigenvalue weighted by molar-refractivity contribution is -0.116. The summed E-state index contributed by atoms with van der Waals surface area (Å²) in [6.07, 6.45) is 5.05. The Morgan fingerprint density at radius 3 is 2.68 bits per heavy atom. The predicted molar refractivity (Wildman–Crippen MR) is 108 cm³/mol. The summed E-state index contributed by atoms with van der Waals surface area (Å²) >= 11 is 1.66. The number of anilines is 2. The summed E-state index contributed by atoms with van der Waals surface area (Å²) in [5.41, 5.74) is 2.85. The van der Waals surface area contributed by atoms with Gasteiger partial charge >= 0.3 is 0 Å². The van der Waals surface area contributed by atoms with Crippen molar-refractivity contribution in [3.05, 3.63) is 29.6 Å². The molecule has 1 heterocycles. The van der Waals surface area contributed by atoms with Crippen LogP contribution in [0.2, 0.25) is 0 Å². The standard InChI is InChI=1S/C20H29N3OS/c1-4-7-8-9-13-19(24)21-17-12-10-11-16(14-17)18-15-25-20(22-18)23(5-2)6-3/h10-12,14-15H,4-9,13H2,1-3H3,(H,21,24). The summed E-state index contributed by atoms with van der Waals surface area (Å²) < 4.78 is 0. The molecule has 0 aliphatic heterocycles. The minimum absolute atomic E-state index is 0.0929. The zero-order valence-electron chi connectivity index (χ0n) is 15.5. The third kappa shape index (κ3) is 5.85. The minimum atomic E-state index is 0.0929. The maximum atomic E-state index is 12.1. The van der Waals surface area contributed by atoms with Gasteiger partial charge in [-0.2, -0.15) is 0 Å². The summed E-state index contributed by atoms with van der Waals surface area (Å²) in [7, 11) is 0. The van der Waals surface area contributed by atoms with Gasteiger partial charge in [0.1, 0.15) is 0 Å². The lowest BCUT2D eigenvalue weighted by atomic mass is 10.1. The normalized spacial score (nSPS) is 10.7. The molecule has 1 aromatic carbocycles. The number of carbonyl (C=O) groups is 1. The predicted octanol–water partition coefficient (Wildman–Crippen LogP) is 5.57. The first-order valence-electron chi connectivity index (χ1n) is 9.28. The molecule has 1 amide bonds. The number of nitrogens with one attached hydrogen (secondary N) is 1. The summed E-state index contributed by atoms with van der Waals surface area (Å²) in [6, 6.07) is 7.95.